The van der Waals surface area contributed by atoms with Gasteiger partial charge in [0.25, 0.3) is 0 Å². The Morgan fingerprint density at radius 2 is 1.79 bits per heavy atom. The van der Waals surface area contributed by atoms with Crippen molar-refractivity contribution in [3.8, 4) is 0 Å². The van der Waals surface area contributed by atoms with Crippen LogP contribution in [0, 0.1) is 19.7 Å². The van der Waals surface area contributed by atoms with Crippen LogP contribution < -0.4 is 0 Å². The average Bonchev–Trinajstić information content (AvgIpc) is 2.27. The Labute approximate surface area is 119 Å². The van der Waals surface area contributed by atoms with E-state index in [1.54, 1.807) is 32.7 Å². The number of rotatable bonds is 6. The minimum atomic E-state index is -3.54. The zero-order chi connectivity index (χ0) is 14.6. The molecule has 0 amide bonds. The van der Waals surface area contributed by atoms with E-state index in [0.717, 1.165) is 12.2 Å². The summed E-state index contributed by atoms with van der Waals surface area (Å²) in [4.78, 5) is 0.223. The monoisotopic (exact) mass is 305 g/mol. The molecule has 0 N–H and O–H groups in total. The van der Waals surface area contributed by atoms with Crippen LogP contribution in [0.1, 0.15) is 17.5 Å². The maximum atomic E-state index is 13.2. The molecule has 0 bridgehead atoms. The minimum Gasteiger partial charge on any atom is -0.207 e. The van der Waals surface area contributed by atoms with Crippen molar-refractivity contribution in [3.63, 3.8) is 0 Å². The van der Waals surface area contributed by atoms with Gasteiger partial charge in [0.05, 0.1) is 4.90 Å². The second-order valence-electron chi connectivity index (χ2n) is 4.54. The Kier molecular flexibility index (Phi) is 5.82. The molecule has 3 nitrogen and oxygen atoms in total. The molecule has 1 aromatic carbocycles. The van der Waals surface area contributed by atoms with E-state index in [0.29, 0.717) is 17.7 Å². The molecule has 1 aromatic rings. The van der Waals surface area contributed by atoms with Crippen LogP contribution in [-0.4, -0.2) is 38.3 Å². The van der Waals surface area contributed by atoms with Crippen molar-refractivity contribution < 1.29 is 12.8 Å². The quantitative estimate of drug-likeness (QED) is 0.758. The van der Waals surface area contributed by atoms with Gasteiger partial charge in [0, 0.05) is 13.6 Å². The fraction of sp³-hybridized carbons (Fsp3) is 0.538. The highest BCUT2D eigenvalue weighted by Gasteiger charge is 2.24. The van der Waals surface area contributed by atoms with Gasteiger partial charge in [-0.25, -0.2) is 17.1 Å². The van der Waals surface area contributed by atoms with Crippen LogP contribution in [0.2, 0.25) is 0 Å². The van der Waals surface area contributed by atoms with E-state index in [1.807, 2.05) is 6.26 Å². The first-order chi connectivity index (χ1) is 8.80. The van der Waals surface area contributed by atoms with Crippen LogP contribution in [0.15, 0.2) is 17.0 Å². The molecule has 1 rings (SSSR count). The summed E-state index contributed by atoms with van der Waals surface area (Å²) < 4.78 is 39.5. The second kappa shape index (κ2) is 6.72. The largest absolute Gasteiger partial charge is 0.243 e. The van der Waals surface area contributed by atoms with Crippen molar-refractivity contribution in [2.45, 2.75) is 25.2 Å². The van der Waals surface area contributed by atoms with Crippen LogP contribution in [-0.2, 0) is 10.0 Å². The van der Waals surface area contributed by atoms with Gasteiger partial charge in [-0.15, -0.1) is 0 Å². The summed E-state index contributed by atoms with van der Waals surface area (Å²) in [5.74, 6) is 0.514. The lowest BCUT2D eigenvalue weighted by atomic mass is 10.1. The zero-order valence-electron chi connectivity index (χ0n) is 11.7. The number of aryl methyl sites for hydroxylation is 2. The fourth-order valence-electron chi connectivity index (χ4n) is 2.01. The standard InChI is InChI=1S/C13H20FNO2S2/c1-10-8-12(14)9-11(2)13(10)19(16,17)15(3)6-5-7-18-4/h8-9H,5-7H2,1-4H3. The van der Waals surface area contributed by atoms with Gasteiger partial charge in [-0.2, -0.15) is 11.8 Å². The molecule has 0 saturated heterocycles. The minimum absolute atomic E-state index is 0.223. The summed E-state index contributed by atoms with van der Waals surface area (Å²) in [7, 11) is -1.97. The first-order valence-corrected chi connectivity index (χ1v) is 8.86. The van der Waals surface area contributed by atoms with Gasteiger partial charge in [-0.1, -0.05) is 0 Å². The fourth-order valence-corrected chi connectivity index (χ4v) is 4.04. The molecule has 19 heavy (non-hydrogen) atoms. The molecule has 0 aliphatic heterocycles. The molecule has 0 aliphatic rings. The third-order valence-corrected chi connectivity index (χ3v) is 5.77. The van der Waals surface area contributed by atoms with E-state index in [-0.39, 0.29) is 4.90 Å². The highest BCUT2D eigenvalue weighted by atomic mass is 32.2. The molecular weight excluding hydrogens is 285 g/mol. The summed E-state index contributed by atoms with van der Waals surface area (Å²) in [5, 5.41) is 0. The van der Waals surface area contributed by atoms with Crippen LogP contribution in [0.25, 0.3) is 0 Å². The molecular formula is C13H20FNO2S2. The molecule has 6 heteroatoms. The Morgan fingerprint density at radius 3 is 2.26 bits per heavy atom. The predicted molar refractivity (Wildman–Crippen MR) is 78.7 cm³/mol. The van der Waals surface area contributed by atoms with Gasteiger partial charge >= 0.3 is 0 Å². The van der Waals surface area contributed by atoms with Gasteiger partial charge in [0.2, 0.25) is 10.0 Å². The summed E-state index contributed by atoms with van der Waals surface area (Å²) in [6, 6.07) is 2.52. The Balaban J connectivity index is 3.07. The molecule has 108 valence electrons. The lowest BCUT2D eigenvalue weighted by Crippen LogP contribution is -2.29. The maximum absolute atomic E-state index is 13.2. The highest BCUT2D eigenvalue weighted by molar-refractivity contribution is 7.98. The highest BCUT2D eigenvalue weighted by Crippen LogP contribution is 2.24. The Hall–Kier alpha value is -0.590. The molecule has 0 aliphatic carbocycles. The van der Waals surface area contributed by atoms with Gasteiger partial charge in [-0.05, 0) is 55.5 Å². The van der Waals surface area contributed by atoms with Gasteiger partial charge in [-0.3, -0.25) is 0 Å². The molecule has 0 spiro atoms. The molecule has 0 aromatic heterocycles. The van der Waals surface area contributed by atoms with E-state index < -0.39 is 15.8 Å². The molecule has 0 fully saturated rings. The summed E-state index contributed by atoms with van der Waals surface area (Å²) >= 11 is 1.69. The second-order valence-corrected chi connectivity index (χ2v) is 7.51. The van der Waals surface area contributed by atoms with E-state index in [1.165, 1.54) is 16.4 Å². The van der Waals surface area contributed by atoms with Crippen molar-refractivity contribution in [2.24, 2.45) is 0 Å². The van der Waals surface area contributed by atoms with Crippen LogP contribution in [0.5, 0.6) is 0 Å². The lowest BCUT2D eigenvalue weighted by Gasteiger charge is -2.20. The topological polar surface area (TPSA) is 37.4 Å². The van der Waals surface area contributed by atoms with E-state index in [4.69, 9.17) is 0 Å². The molecule has 0 radical (unpaired) electrons. The number of halogens is 1. The summed E-state index contributed by atoms with van der Waals surface area (Å²) in [6.45, 7) is 3.72. The number of nitrogens with zero attached hydrogens (tertiary/aromatic N) is 1. The van der Waals surface area contributed by atoms with Gasteiger partial charge < -0.3 is 0 Å². The first kappa shape index (κ1) is 16.5. The van der Waals surface area contributed by atoms with E-state index in [9.17, 15) is 12.8 Å². The van der Waals surface area contributed by atoms with Crippen LogP contribution in [0.3, 0.4) is 0 Å². The molecule has 0 saturated carbocycles. The van der Waals surface area contributed by atoms with Crippen LogP contribution in [0.4, 0.5) is 4.39 Å². The Morgan fingerprint density at radius 1 is 1.26 bits per heavy atom. The average molecular weight is 305 g/mol. The Bertz CT molecular complexity index is 521. The SMILES string of the molecule is CSCCCN(C)S(=O)(=O)c1c(C)cc(F)cc1C. The van der Waals surface area contributed by atoms with Crippen molar-refractivity contribution in [2.75, 3.05) is 25.6 Å². The normalized spacial score (nSPS) is 12.1. The van der Waals surface area contributed by atoms with Crippen molar-refractivity contribution in [1.82, 2.24) is 4.31 Å². The summed E-state index contributed by atoms with van der Waals surface area (Å²) in [5.41, 5.74) is 0.906. The number of sulfonamides is 1. The van der Waals surface area contributed by atoms with Crippen LogP contribution >= 0.6 is 11.8 Å². The van der Waals surface area contributed by atoms with E-state index in [2.05, 4.69) is 0 Å². The lowest BCUT2D eigenvalue weighted by molar-refractivity contribution is 0.468. The summed E-state index contributed by atoms with van der Waals surface area (Å²) in [6.07, 6.45) is 2.79. The molecule has 0 heterocycles. The third kappa shape index (κ3) is 3.94. The molecule has 0 unspecified atom stereocenters. The van der Waals surface area contributed by atoms with Crippen molar-refractivity contribution in [3.05, 3.63) is 29.1 Å². The number of hydrogen-bond donors (Lipinski definition) is 0. The first-order valence-electron chi connectivity index (χ1n) is 6.02. The van der Waals surface area contributed by atoms with Crippen molar-refractivity contribution in [1.29, 1.82) is 0 Å². The smallest absolute Gasteiger partial charge is 0.207 e. The number of hydrogen-bond acceptors (Lipinski definition) is 3. The van der Waals surface area contributed by atoms with E-state index >= 15 is 0 Å². The van der Waals surface area contributed by atoms with Gasteiger partial charge in [0.15, 0.2) is 0 Å². The third-order valence-electron chi connectivity index (χ3n) is 2.91. The van der Waals surface area contributed by atoms with Crippen molar-refractivity contribution >= 4 is 21.8 Å². The van der Waals surface area contributed by atoms with Gasteiger partial charge in [0.1, 0.15) is 5.82 Å². The number of thioether (sulfide) groups is 1. The zero-order valence-corrected chi connectivity index (χ0v) is 13.4. The molecule has 0 atom stereocenters. The predicted octanol–water partition coefficient (Wildman–Crippen LogP) is 2.82. The number of benzene rings is 1. The maximum Gasteiger partial charge on any atom is 0.243 e.